The molecule has 0 aromatic heterocycles. The van der Waals surface area contributed by atoms with Gasteiger partial charge in [0.15, 0.2) is 0 Å². The van der Waals surface area contributed by atoms with Gasteiger partial charge in [-0.2, -0.15) is 0 Å². The fourth-order valence-electron chi connectivity index (χ4n) is 3.29. The number of hydrogen-bond donors (Lipinski definition) is 2. The lowest BCUT2D eigenvalue weighted by atomic mass is 9.97. The van der Waals surface area contributed by atoms with Crippen LogP contribution in [-0.4, -0.2) is 57.7 Å². The first kappa shape index (κ1) is 19.7. The zero-order valence-corrected chi connectivity index (χ0v) is 14.8. The summed E-state index contributed by atoms with van der Waals surface area (Å²) in [6.45, 7) is 3.19. The maximum Gasteiger partial charge on any atom is 0.223 e. The second-order valence-electron chi connectivity index (χ2n) is 6.25. The van der Waals surface area contributed by atoms with Gasteiger partial charge in [0.25, 0.3) is 0 Å². The lowest BCUT2D eigenvalue weighted by Gasteiger charge is -2.36. The minimum atomic E-state index is -3.14. The van der Waals surface area contributed by atoms with E-state index in [1.165, 1.54) is 6.26 Å². The van der Waals surface area contributed by atoms with Gasteiger partial charge >= 0.3 is 0 Å². The molecule has 0 aromatic rings. The van der Waals surface area contributed by atoms with E-state index in [0.717, 1.165) is 45.3 Å². The molecule has 0 aromatic carbocycles. The Hall–Kier alpha value is -0.370. The molecule has 0 saturated carbocycles. The summed E-state index contributed by atoms with van der Waals surface area (Å²) < 4.78 is 24.8. The second-order valence-corrected chi connectivity index (χ2v) is 8.09. The summed E-state index contributed by atoms with van der Waals surface area (Å²) in [5.41, 5.74) is 0. The van der Waals surface area contributed by atoms with E-state index in [1.807, 2.05) is 4.90 Å². The maximum atomic E-state index is 12.5. The molecule has 2 fully saturated rings. The summed E-state index contributed by atoms with van der Waals surface area (Å²) in [6.07, 6.45) is 6.76. The molecule has 130 valence electrons. The number of amides is 1. The standard InChI is InChI=1S/C14H27N3O3S.ClH/c1-21(19,20)16-8-6-13-4-2-3-9-17(13)14(18)10-12-5-7-15-11-12;/h12-13,15-16H,2-11H2,1H3;1H. The molecule has 0 spiro atoms. The number of sulfonamides is 1. The van der Waals surface area contributed by atoms with Gasteiger partial charge in [-0.05, 0) is 51.1 Å². The van der Waals surface area contributed by atoms with E-state index in [9.17, 15) is 13.2 Å². The van der Waals surface area contributed by atoms with Crippen LogP contribution in [0.5, 0.6) is 0 Å². The number of likely N-dealkylation sites (tertiary alicyclic amines) is 1. The second kappa shape index (κ2) is 9.05. The average Bonchev–Trinajstić information content (AvgIpc) is 2.90. The molecule has 2 heterocycles. The molecular weight excluding hydrogens is 326 g/mol. The summed E-state index contributed by atoms with van der Waals surface area (Å²) >= 11 is 0. The molecule has 0 aliphatic carbocycles. The van der Waals surface area contributed by atoms with Gasteiger partial charge in [-0.1, -0.05) is 0 Å². The molecule has 2 rings (SSSR count). The van der Waals surface area contributed by atoms with E-state index in [0.29, 0.717) is 25.3 Å². The number of nitrogens with zero attached hydrogens (tertiary/aromatic N) is 1. The Labute approximate surface area is 139 Å². The molecule has 2 unspecified atom stereocenters. The van der Waals surface area contributed by atoms with E-state index in [2.05, 4.69) is 10.0 Å². The third-order valence-corrected chi connectivity index (χ3v) is 5.14. The quantitative estimate of drug-likeness (QED) is 0.737. The van der Waals surface area contributed by atoms with Gasteiger partial charge < -0.3 is 10.2 Å². The number of halogens is 1. The van der Waals surface area contributed by atoms with Crippen molar-refractivity contribution in [3.63, 3.8) is 0 Å². The van der Waals surface area contributed by atoms with E-state index in [1.54, 1.807) is 0 Å². The fourth-order valence-corrected chi connectivity index (χ4v) is 3.78. The van der Waals surface area contributed by atoms with Crippen molar-refractivity contribution < 1.29 is 13.2 Å². The molecule has 2 aliphatic heterocycles. The minimum absolute atomic E-state index is 0. The average molecular weight is 354 g/mol. The summed E-state index contributed by atoms with van der Waals surface area (Å²) in [4.78, 5) is 14.5. The van der Waals surface area contributed by atoms with Crippen LogP contribution in [0.3, 0.4) is 0 Å². The summed E-state index contributed by atoms with van der Waals surface area (Å²) in [5.74, 6) is 0.710. The Kier molecular flexibility index (Phi) is 8.10. The van der Waals surface area contributed by atoms with E-state index < -0.39 is 10.0 Å². The van der Waals surface area contributed by atoms with Crippen LogP contribution in [0.1, 0.15) is 38.5 Å². The van der Waals surface area contributed by atoms with E-state index >= 15 is 0 Å². The van der Waals surface area contributed by atoms with Gasteiger partial charge in [-0.15, -0.1) is 12.4 Å². The zero-order chi connectivity index (χ0) is 15.3. The highest BCUT2D eigenvalue weighted by Crippen LogP contribution is 2.22. The van der Waals surface area contributed by atoms with Crippen molar-refractivity contribution in [3.05, 3.63) is 0 Å². The molecule has 1 amide bonds. The number of carbonyl (C=O) groups is 1. The van der Waals surface area contributed by atoms with Crippen LogP contribution < -0.4 is 10.0 Å². The van der Waals surface area contributed by atoms with Crippen LogP contribution >= 0.6 is 12.4 Å². The van der Waals surface area contributed by atoms with Gasteiger partial charge in [-0.25, -0.2) is 13.1 Å². The van der Waals surface area contributed by atoms with Crippen LogP contribution in [0.25, 0.3) is 0 Å². The Morgan fingerprint density at radius 3 is 2.73 bits per heavy atom. The largest absolute Gasteiger partial charge is 0.340 e. The molecule has 2 saturated heterocycles. The van der Waals surface area contributed by atoms with Crippen LogP contribution in [-0.2, 0) is 14.8 Å². The highest BCUT2D eigenvalue weighted by Gasteiger charge is 2.28. The van der Waals surface area contributed by atoms with Crippen molar-refractivity contribution in [2.75, 3.05) is 32.4 Å². The van der Waals surface area contributed by atoms with Crippen molar-refractivity contribution in [2.24, 2.45) is 5.92 Å². The van der Waals surface area contributed by atoms with Crippen molar-refractivity contribution in [2.45, 2.75) is 44.6 Å². The van der Waals surface area contributed by atoms with Crippen LogP contribution in [0.15, 0.2) is 0 Å². The van der Waals surface area contributed by atoms with Crippen molar-refractivity contribution in [1.82, 2.24) is 14.9 Å². The Bertz CT molecular complexity index is 452. The SMILES string of the molecule is CS(=O)(=O)NCCC1CCCCN1C(=O)CC1CCNC1.Cl. The first-order valence-electron chi connectivity index (χ1n) is 7.90. The normalized spacial score (nSPS) is 25.8. The van der Waals surface area contributed by atoms with E-state index in [-0.39, 0.29) is 24.4 Å². The van der Waals surface area contributed by atoms with Crippen molar-refractivity contribution in [3.8, 4) is 0 Å². The smallest absolute Gasteiger partial charge is 0.223 e. The fraction of sp³-hybridized carbons (Fsp3) is 0.929. The van der Waals surface area contributed by atoms with Crippen LogP contribution in [0.4, 0.5) is 0 Å². The van der Waals surface area contributed by atoms with E-state index in [4.69, 9.17) is 0 Å². The van der Waals surface area contributed by atoms with Crippen LogP contribution in [0, 0.1) is 5.92 Å². The lowest BCUT2D eigenvalue weighted by molar-refractivity contribution is -0.135. The topological polar surface area (TPSA) is 78.5 Å². The first-order chi connectivity index (χ1) is 9.96. The Morgan fingerprint density at radius 2 is 2.09 bits per heavy atom. The lowest BCUT2D eigenvalue weighted by Crippen LogP contribution is -2.45. The summed E-state index contributed by atoms with van der Waals surface area (Å²) in [7, 11) is -3.14. The van der Waals surface area contributed by atoms with Crippen LogP contribution in [0.2, 0.25) is 0 Å². The molecule has 8 heteroatoms. The molecule has 0 bridgehead atoms. The molecule has 0 radical (unpaired) electrons. The van der Waals surface area contributed by atoms with Gasteiger partial charge in [0.2, 0.25) is 15.9 Å². The molecule has 6 nitrogen and oxygen atoms in total. The minimum Gasteiger partial charge on any atom is -0.340 e. The Morgan fingerprint density at radius 1 is 1.32 bits per heavy atom. The predicted octanol–water partition coefficient (Wildman–Crippen LogP) is 0.728. The van der Waals surface area contributed by atoms with Gasteiger partial charge in [-0.3, -0.25) is 4.79 Å². The molecular formula is C14H28ClN3O3S. The number of nitrogens with one attached hydrogen (secondary N) is 2. The third kappa shape index (κ3) is 6.40. The molecule has 2 aliphatic rings. The number of carbonyl (C=O) groups excluding carboxylic acids is 1. The van der Waals surface area contributed by atoms with Crippen molar-refractivity contribution >= 4 is 28.3 Å². The molecule has 2 atom stereocenters. The first-order valence-corrected chi connectivity index (χ1v) is 9.79. The van der Waals surface area contributed by atoms with Gasteiger partial charge in [0.05, 0.1) is 6.26 Å². The van der Waals surface area contributed by atoms with Gasteiger partial charge in [0, 0.05) is 25.6 Å². The monoisotopic (exact) mass is 353 g/mol. The summed E-state index contributed by atoms with van der Waals surface area (Å²) in [5, 5.41) is 3.30. The Balaban J connectivity index is 0.00000242. The highest BCUT2D eigenvalue weighted by molar-refractivity contribution is 7.88. The highest BCUT2D eigenvalue weighted by atomic mass is 35.5. The third-order valence-electron chi connectivity index (χ3n) is 4.41. The zero-order valence-electron chi connectivity index (χ0n) is 13.2. The van der Waals surface area contributed by atoms with Crippen molar-refractivity contribution in [1.29, 1.82) is 0 Å². The predicted molar refractivity (Wildman–Crippen MR) is 89.7 cm³/mol. The molecule has 22 heavy (non-hydrogen) atoms. The molecule has 2 N–H and O–H groups in total. The maximum absolute atomic E-state index is 12.5. The van der Waals surface area contributed by atoms with Gasteiger partial charge in [0.1, 0.15) is 0 Å². The summed E-state index contributed by atoms with van der Waals surface area (Å²) in [6, 6.07) is 0.190. The number of rotatable bonds is 6. The number of hydrogen-bond acceptors (Lipinski definition) is 4. The number of piperidine rings is 1.